The quantitative estimate of drug-likeness (QED) is 0.444. The molecule has 0 radical (unpaired) electrons. The van der Waals surface area contributed by atoms with Crippen LogP contribution in [0.4, 0.5) is 0 Å². The second-order valence-corrected chi connectivity index (χ2v) is 2.30. The average molecular weight is 147 g/mol. The third-order valence-electron chi connectivity index (χ3n) is 1.45. The van der Waals surface area contributed by atoms with Gasteiger partial charge in [-0.25, -0.2) is 0 Å². The van der Waals surface area contributed by atoms with Crippen LogP contribution in [0.2, 0.25) is 0 Å². The van der Waals surface area contributed by atoms with Gasteiger partial charge in [0.15, 0.2) is 0 Å². The zero-order valence-corrected chi connectivity index (χ0v) is 7.09. The minimum absolute atomic E-state index is 0.609. The SMILES string of the molecule is C=C/C(C#N)=C\C=C(\C)CC. The van der Waals surface area contributed by atoms with Crippen molar-refractivity contribution in [2.75, 3.05) is 0 Å². The highest BCUT2D eigenvalue weighted by atomic mass is 14.2. The van der Waals surface area contributed by atoms with Gasteiger partial charge in [0.25, 0.3) is 0 Å². The van der Waals surface area contributed by atoms with E-state index in [4.69, 9.17) is 5.26 Å². The van der Waals surface area contributed by atoms with E-state index in [1.807, 2.05) is 19.1 Å². The van der Waals surface area contributed by atoms with Crippen molar-refractivity contribution in [1.82, 2.24) is 0 Å². The van der Waals surface area contributed by atoms with Gasteiger partial charge in [-0.2, -0.15) is 5.26 Å². The maximum atomic E-state index is 8.49. The van der Waals surface area contributed by atoms with Gasteiger partial charge in [-0.15, -0.1) is 0 Å². The molecule has 0 saturated carbocycles. The van der Waals surface area contributed by atoms with E-state index >= 15 is 0 Å². The van der Waals surface area contributed by atoms with Crippen LogP contribution < -0.4 is 0 Å². The van der Waals surface area contributed by atoms with E-state index < -0.39 is 0 Å². The predicted molar refractivity (Wildman–Crippen MR) is 47.9 cm³/mol. The number of hydrogen-bond acceptors (Lipinski definition) is 1. The van der Waals surface area contributed by atoms with Gasteiger partial charge in [-0.3, -0.25) is 0 Å². The lowest BCUT2D eigenvalue weighted by atomic mass is 10.2. The molecule has 58 valence electrons. The number of rotatable bonds is 3. The molecule has 11 heavy (non-hydrogen) atoms. The first-order valence-corrected chi connectivity index (χ1v) is 3.64. The van der Waals surface area contributed by atoms with Gasteiger partial charge < -0.3 is 0 Å². The third-order valence-corrected chi connectivity index (χ3v) is 1.45. The van der Waals surface area contributed by atoms with Crippen LogP contribution in [-0.2, 0) is 0 Å². The van der Waals surface area contributed by atoms with Crippen LogP contribution in [-0.4, -0.2) is 0 Å². The molecule has 0 fully saturated rings. The Morgan fingerprint density at radius 1 is 1.55 bits per heavy atom. The largest absolute Gasteiger partial charge is 0.192 e. The summed E-state index contributed by atoms with van der Waals surface area (Å²) in [5.41, 5.74) is 1.87. The van der Waals surface area contributed by atoms with Gasteiger partial charge in [-0.05, 0) is 19.4 Å². The summed E-state index contributed by atoms with van der Waals surface area (Å²) >= 11 is 0. The summed E-state index contributed by atoms with van der Waals surface area (Å²) in [5.74, 6) is 0. The lowest BCUT2D eigenvalue weighted by Gasteiger charge is -1.89. The highest BCUT2D eigenvalue weighted by molar-refractivity contribution is 5.35. The molecular formula is C10H13N. The fourth-order valence-electron chi connectivity index (χ4n) is 0.501. The van der Waals surface area contributed by atoms with Crippen LogP contribution in [0.25, 0.3) is 0 Å². The summed E-state index contributed by atoms with van der Waals surface area (Å²) < 4.78 is 0. The summed E-state index contributed by atoms with van der Waals surface area (Å²) in [6, 6.07) is 2.03. The van der Waals surface area contributed by atoms with E-state index in [0.717, 1.165) is 6.42 Å². The van der Waals surface area contributed by atoms with Crippen LogP contribution in [0.15, 0.2) is 36.0 Å². The Morgan fingerprint density at radius 2 is 2.18 bits per heavy atom. The lowest BCUT2D eigenvalue weighted by Crippen LogP contribution is -1.71. The number of allylic oxidation sites excluding steroid dienone is 5. The molecule has 0 spiro atoms. The number of nitrogens with zero attached hydrogens (tertiary/aromatic N) is 1. The summed E-state index contributed by atoms with van der Waals surface area (Å²) in [4.78, 5) is 0. The van der Waals surface area contributed by atoms with E-state index in [2.05, 4.69) is 13.5 Å². The lowest BCUT2D eigenvalue weighted by molar-refractivity contribution is 1.10. The zero-order chi connectivity index (χ0) is 8.69. The maximum absolute atomic E-state index is 8.49. The minimum atomic E-state index is 0.609. The first-order valence-electron chi connectivity index (χ1n) is 3.64. The van der Waals surface area contributed by atoms with Gasteiger partial charge in [0.2, 0.25) is 0 Å². The fraction of sp³-hybridized carbons (Fsp3) is 0.300. The summed E-state index contributed by atoms with van der Waals surface area (Å²) in [6.07, 6.45) is 6.30. The van der Waals surface area contributed by atoms with Crippen molar-refractivity contribution in [1.29, 1.82) is 5.26 Å². The van der Waals surface area contributed by atoms with Crippen LogP contribution >= 0.6 is 0 Å². The fourth-order valence-corrected chi connectivity index (χ4v) is 0.501. The molecule has 0 aliphatic heterocycles. The predicted octanol–water partition coefficient (Wildman–Crippen LogP) is 2.98. The van der Waals surface area contributed by atoms with Crippen LogP contribution in [0.1, 0.15) is 20.3 Å². The Labute approximate surface area is 68.3 Å². The molecule has 0 atom stereocenters. The van der Waals surface area contributed by atoms with Crippen molar-refractivity contribution >= 4 is 0 Å². The molecule has 0 bridgehead atoms. The van der Waals surface area contributed by atoms with Crippen LogP contribution in [0, 0.1) is 11.3 Å². The molecule has 0 aromatic carbocycles. The van der Waals surface area contributed by atoms with Gasteiger partial charge in [-0.1, -0.05) is 31.2 Å². The summed E-state index contributed by atoms with van der Waals surface area (Å²) in [7, 11) is 0. The topological polar surface area (TPSA) is 23.8 Å². The molecule has 0 amide bonds. The second-order valence-electron chi connectivity index (χ2n) is 2.30. The normalized spacial score (nSPS) is 12.5. The number of hydrogen-bond donors (Lipinski definition) is 0. The molecule has 1 nitrogen and oxygen atoms in total. The Bertz CT molecular complexity index is 226. The first-order chi connectivity index (χ1) is 5.24. The Morgan fingerprint density at radius 3 is 2.55 bits per heavy atom. The zero-order valence-electron chi connectivity index (χ0n) is 7.09. The van der Waals surface area contributed by atoms with Crippen molar-refractivity contribution in [2.45, 2.75) is 20.3 Å². The molecule has 0 aliphatic carbocycles. The van der Waals surface area contributed by atoms with E-state index in [-0.39, 0.29) is 0 Å². The maximum Gasteiger partial charge on any atom is 0.0991 e. The summed E-state index contributed by atoms with van der Waals surface area (Å²) in [5, 5.41) is 8.49. The molecule has 0 saturated heterocycles. The Kier molecular flexibility index (Phi) is 4.85. The van der Waals surface area contributed by atoms with Crippen LogP contribution in [0.3, 0.4) is 0 Å². The molecule has 0 aliphatic rings. The summed E-state index contributed by atoms with van der Waals surface area (Å²) in [6.45, 7) is 7.63. The van der Waals surface area contributed by atoms with Crippen molar-refractivity contribution in [2.24, 2.45) is 0 Å². The van der Waals surface area contributed by atoms with E-state index in [1.165, 1.54) is 5.57 Å². The molecule has 1 heteroatoms. The van der Waals surface area contributed by atoms with Crippen molar-refractivity contribution in [3.63, 3.8) is 0 Å². The smallest absolute Gasteiger partial charge is 0.0991 e. The average Bonchev–Trinajstić information content (AvgIpc) is 2.06. The monoisotopic (exact) mass is 147 g/mol. The van der Waals surface area contributed by atoms with Crippen molar-refractivity contribution < 1.29 is 0 Å². The Balaban J connectivity index is 4.33. The molecular weight excluding hydrogens is 134 g/mol. The highest BCUT2D eigenvalue weighted by Gasteiger charge is 1.84. The molecule has 0 aromatic heterocycles. The van der Waals surface area contributed by atoms with Crippen molar-refractivity contribution in [3.05, 3.63) is 36.0 Å². The van der Waals surface area contributed by atoms with E-state index in [9.17, 15) is 0 Å². The third kappa shape index (κ3) is 4.16. The number of nitriles is 1. The highest BCUT2D eigenvalue weighted by Crippen LogP contribution is 2.00. The molecule has 0 rings (SSSR count). The standard InChI is InChI=1S/C10H13N/c1-4-9(3)6-7-10(5-2)8-11/h5-7H,2,4H2,1,3H3/b9-6-,10-7+. The van der Waals surface area contributed by atoms with Gasteiger partial charge in [0, 0.05) is 0 Å². The van der Waals surface area contributed by atoms with Crippen molar-refractivity contribution in [3.8, 4) is 6.07 Å². The van der Waals surface area contributed by atoms with Crippen LogP contribution in [0.5, 0.6) is 0 Å². The minimum Gasteiger partial charge on any atom is -0.192 e. The Hall–Kier alpha value is -1.29. The first kappa shape index (κ1) is 9.71. The molecule has 0 aromatic rings. The van der Waals surface area contributed by atoms with E-state index in [0.29, 0.717) is 5.57 Å². The van der Waals surface area contributed by atoms with Gasteiger partial charge in [0.1, 0.15) is 0 Å². The van der Waals surface area contributed by atoms with E-state index in [1.54, 1.807) is 12.2 Å². The molecule has 0 heterocycles. The molecule has 0 N–H and O–H groups in total. The second kappa shape index (κ2) is 5.49. The van der Waals surface area contributed by atoms with Gasteiger partial charge in [0.05, 0.1) is 11.6 Å². The van der Waals surface area contributed by atoms with Gasteiger partial charge >= 0.3 is 0 Å². The molecule has 0 unspecified atom stereocenters.